The number of rotatable bonds is 2. The molecule has 0 saturated heterocycles. The third kappa shape index (κ3) is 2.06. The van der Waals surface area contributed by atoms with Crippen molar-refractivity contribution in [2.75, 3.05) is 7.11 Å². The Balaban J connectivity index is 2.40. The zero-order valence-corrected chi connectivity index (χ0v) is 8.75. The molecule has 0 aliphatic rings. The summed E-state index contributed by atoms with van der Waals surface area (Å²) in [6.45, 7) is 0. The number of hydrogen-bond acceptors (Lipinski definition) is 4. The van der Waals surface area contributed by atoms with Crippen molar-refractivity contribution in [1.29, 1.82) is 0 Å². The lowest BCUT2D eigenvalue weighted by molar-refractivity contribution is 0.0601. The highest BCUT2D eigenvalue weighted by Crippen LogP contribution is 2.18. The number of nitrogens with zero attached hydrogens (tertiary/aromatic N) is 2. The van der Waals surface area contributed by atoms with E-state index >= 15 is 0 Å². The molecule has 4 nitrogen and oxygen atoms in total. The van der Waals surface area contributed by atoms with Gasteiger partial charge in [-0.15, -0.1) is 0 Å². The van der Waals surface area contributed by atoms with Crippen molar-refractivity contribution in [3.63, 3.8) is 0 Å². The number of hydrogen-bond donors (Lipinski definition) is 0. The maximum Gasteiger partial charge on any atom is 0.337 e. The van der Waals surface area contributed by atoms with Crippen molar-refractivity contribution in [2.24, 2.45) is 0 Å². The van der Waals surface area contributed by atoms with E-state index in [4.69, 9.17) is 0 Å². The predicted octanol–water partition coefficient (Wildman–Crippen LogP) is 1.93. The van der Waals surface area contributed by atoms with Gasteiger partial charge in [-0.05, 0) is 17.7 Å². The van der Waals surface area contributed by atoms with Crippen LogP contribution in [0.4, 0.5) is 0 Å². The van der Waals surface area contributed by atoms with E-state index in [-0.39, 0.29) is 5.97 Å². The summed E-state index contributed by atoms with van der Waals surface area (Å²) in [5, 5.41) is 0. The highest BCUT2D eigenvalue weighted by Gasteiger charge is 2.06. The van der Waals surface area contributed by atoms with Crippen LogP contribution in [0.2, 0.25) is 0 Å². The molecule has 4 heteroatoms. The third-order valence-electron chi connectivity index (χ3n) is 2.18. The number of methoxy groups -OCH3 is 1. The first-order valence-electron chi connectivity index (χ1n) is 4.75. The third-order valence-corrected chi connectivity index (χ3v) is 2.18. The maximum absolute atomic E-state index is 11.3. The Labute approximate surface area is 92.9 Å². The van der Waals surface area contributed by atoms with Gasteiger partial charge < -0.3 is 4.74 Å². The van der Waals surface area contributed by atoms with E-state index in [0.717, 1.165) is 11.1 Å². The fraction of sp³-hybridized carbons (Fsp3) is 0.0833. The standard InChI is InChI=1S/C12H10N2O2/c1-16-12(15)10-4-2-3-9(5-10)11-6-13-8-14-7-11/h2-8H,1H3. The minimum atomic E-state index is -0.348. The number of aromatic nitrogens is 2. The molecule has 1 heterocycles. The summed E-state index contributed by atoms with van der Waals surface area (Å²) in [4.78, 5) is 19.2. The Morgan fingerprint density at radius 1 is 1.19 bits per heavy atom. The molecule has 80 valence electrons. The van der Waals surface area contributed by atoms with Gasteiger partial charge in [0.2, 0.25) is 0 Å². The van der Waals surface area contributed by atoms with Crippen molar-refractivity contribution in [3.05, 3.63) is 48.5 Å². The highest BCUT2D eigenvalue weighted by molar-refractivity contribution is 5.90. The van der Waals surface area contributed by atoms with Crippen LogP contribution in [0.15, 0.2) is 43.0 Å². The van der Waals surface area contributed by atoms with Crippen LogP contribution in [0.5, 0.6) is 0 Å². The van der Waals surface area contributed by atoms with Crippen LogP contribution in [0.1, 0.15) is 10.4 Å². The molecule has 0 fully saturated rings. The maximum atomic E-state index is 11.3. The Kier molecular flexibility index (Phi) is 2.91. The molecular weight excluding hydrogens is 204 g/mol. The second-order valence-electron chi connectivity index (χ2n) is 3.20. The van der Waals surface area contributed by atoms with Crippen molar-refractivity contribution < 1.29 is 9.53 Å². The normalized spacial score (nSPS) is 9.81. The molecule has 0 aliphatic carbocycles. The average Bonchev–Trinajstić information content (AvgIpc) is 2.39. The van der Waals surface area contributed by atoms with Gasteiger partial charge in [0.25, 0.3) is 0 Å². The van der Waals surface area contributed by atoms with Crippen molar-refractivity contribution in [1.82, 2.24) is 9.97 Å². The van der Waals surface area contributed by atoms with E-state index in [1.54, 1.807) is 30.6 Å². The number of benzene rings is 1. The lowest BCUT2D eigenvalue weighted by Gasteiger charge is -2.03. The first-order chi connectivity index (χ1) is 7.81. The highest BCUT2D eigenvalue weighted by atomic mass is 16.5. The molecule has 1 aromatic heterocycles. The number of carbonyl (C=O) groups is 1. The van der Waals surface area contributed by atoms with Crippen LogP contribution in [0, 0.1) is 0 Å². The van der Waals surface area contributed by atoms with Gasteiger partial charge in [0.1, 0.15) is 6.33 Å². The van der Waals surface area contributed by atoms with Gasteiger partial charge in [0, 0.05) is 18.0 Å². The van der Waals surface area contributed by atoms with Gasteiger partial charge in [-0.1, -0.05) is 12.1 Å². The monoisotopic (exact) mass is 214 g/mol. The Morgan fingerprint density at radius 2 is 1.94 bits per heavy atom. The van der Waals surface area contributed by atoms with E-state index < -0.39 is 0 Å². The van der Waals surface area contributed by atoms with E-state index in [2.05, 4.69) is 14.7 Å². The molecule has 2 aromatic rings. The summed E-state index contributed by atoms with van der Waals surface area (Å²) in [7, 11) is 1.36. The van der Waals surface area contributed by atoms with Gasteiger partial charge in [-0.25, -0.2) is 14.8 Å². The average molecular weight is 214 g/mol. The molecule has 0 unspecified atom stereocenters. The van der Waals surface area contributed by atoms with Crippen LogP contribution < -0.4 is 0 Å². The van der Waals surface area contributed by atoms with Crippen molar-refractivity contribution in [2.45, 2.75) is 0 Å². The van der Waals surface area contributed by atoms with Crippen LogP contribution >= 0.6 is 0 Å². The summed E-state index contributed by atoms with van der Waals surface area (Å²) >= 11 is 0. The van der Waals surface area contributed by atoms with Crippen molar-refractivity contribution in [3.8, 4) is 11.1 Å². The Bertz CT molecular complexity index is 497. The van der Waals surface area contributed by atoms with E-state index in [0.29, 0.717) is 5.56 Å². The SMILES string of the molecule is COC(=O)c1cccc(-c2cncnc2)c1. The molecule has 0 atom stereocenters. The topological polar surface area (TPSA) is 52.1 Å². The molecular formula is C12H10N2O2. The molecule has 0 aliphatic heterocycles. The summed E-state index contributed by atoms with van der Waals surface area (Å²) in [6, 6.07) is 7.16. The van der Waals surface area contributed by atoms with Crippen LogP contribution in [0.25, 0.3) is 11.1 Å². The smallest absolute Gasteiger partial charge is 0.337 e. The van der Waals surface area contributed by atoms with Crippen LogP contribution in [-0.4, -0.2) is 23.0 Å². The van der Waals surface area contributed by atoms with Crippen molar-refractivity contribution >= 4 is 5.97 Å². The van der Waals surface area contributed by atoms with Gasteiger partial charge in [0.15, 0.2) is 0 Å². The Hall–Kier alpha value is -2.23. The second-order valence-corrected chi connectivity index (χ2v) is 3.20. The van der Waals surface area contributed by atoms with Gasteiger partial charge in [-0.2, -0.15) is 0 Å². The Morgan fingerprint density at radius 3 is 2.62 bits per heavy atom. The fourth-order valence-corrected chi connectivity index (χ4v) is 1.39. The molecule has 0 bridgehead atoms. The van der Waals surface area contributed by atoms with Gasteiger partial charge in [0.05, 0.1) is 12.7 Å². The molecule has 1 aromatic carbocycles. The predicted molar refractivity (Wildman–Crippen MR) is 58.8 cm³/mol. The fourth-order valence-electron chi connectivity index (χ4n) is 1.39. The number of ether oxygens (including phenoxy) is 1. The molecule has 16 heavy (non-hydrogen) atoms. The van der Waals surface area contributed by atoms with Crippen LogP contribution in [-0.2, 0) is 4.74 Å². The number of esters is 1. The van der Waals surface area contributed by atoms with Gasteiger partial charge >= 0.3 is 5.97 Å². The van der Waals surface area contributed by atoms with Crippen LogP contribution in [0.3, 0.4) is 0 Å². The van der Waals surface area contributed by atoms with E-state index in [1.165, 1.54) is 13.4 Å². The molecule has 2 rings (SSSR count). The first-order valence-corrected chi connectivity index (χ1v) is 4.75. The lowest BCUT2D eigenvalue weighted by atomic mass is 10.1. The summed E-state index contributed by atoms with van der Waals surface area (Å²) in [5.74, 6) is -0.348. The second kappa shape index (κ2) is 4.53. The minimum absolute atomic E-state index is 0.348. The molecule has 0 amide bonds. The van der Waals surface area contributed by atoms with E-state index in [1.807, 2.05) is 6.07 Å². The van der Waals surface area contributed by atoms with E-state index in [9.17, 15) is 4.79 Å². The van der Waals surface area contributed by atoms with Gasteiger partial charge in [-0.3, -0.25) is 0 Å². The number of carbonyl (C=O) groups excluding carboxylic acids is 1. The first kappa shape index (κ1) is 10.3. The summed E-state index contributed by atoms with van der Waals surface area (Å²) in [6.07, 6.45) is 4.86. The molecule has 0 saturated carbocycles. The summed E-state index contributed by atoms with van der Waals surface area (Å²) < 4.78 is 4.66. The summed E-state index contributed by atoms with van der Waals surface area (Å²) in [5.41, 5.74) is 2.28. The zero-order valence-electron chi connectivity index (χ0n) is 8.75. The lowest BCUT2D eigenvalue weighted by Crippen LogP contribution is -2.00. The zero-order chi connectivity index (χ0) is 11.4. The molecule has 0 spiro atoms. The molecule has 0 radical (unpaired) electrons. The minimum Gasteiger partial charge on any atom is -0.465 e. The quantitative estimate of drug-likeness (QED) is 0.717. The molecule has 0 N–H and O–H groups in total. The largest absolute Gasteiger partial charge is 0.465 e.